The van der Waals surface area contributed by atoms with Crippen LogP contribution in [0.15, 0.2) is 54.6 Å². The Balaban J connectivity index is 1.48. The highest BCUT2D eigenvalue weighted by Crippen LogP contribution is 2.43. The second-order valence-electron chi connectivity index (χ2n) is 6.85. The van der Waals surface area contributed by atoms with Crippen LogP contribution in [0.4, 0.5) is 0 Å². The van der Waals surface area contributed by atoms with Crippen LogP contribution in [0.5, 0.6) is 5.75 Å². The number of carbonyl (C=O) groups is 2. The summed E-state index contributed by atoms with van der Waals surface area (Å²) in [4.78, 5) is 23.0. The lowest BCUT2D eigenvalue weighted by Gasteiger charge is -2.42. The highest BCUT2D eigenvalue weighted by atomic mass is 16.5. The quantitative estimate of drug-likeness (QED) is 0.765. The van der Waals surface area contributed by atoms with Crippen molar-refractivity contribution in [2.24, 2.45) is 5.73 Å². The van der Waals surface area contributed by atoms with Crippen LogP contribution in [0.25, 0.3) is 0 Å². The lowest BCUT2D eigenvalue weighted by molar-refractivity contribution is -0.123. The van der Waals surface area contributed by atoms with E-state index in [1.165, 1.54) is 12.0 Å². The second-order valence-corrected chi connectivity index (χ2v) is 6.85. The summed E-state index contributed by atoms with van der Waals surface area (Å²) in [7, 11) is 0. The number of primary amides is 1. The highest BCUT2D eigenvalue weighted by Gasteiger charge is 2.38. The van der Waals surface area contributed by atoms with Gasteiger partial charge in [-0.05, 0) is 36.1 Å². The zero-order valence-corrected chi connectivity index (χ0v) is 14.7. The third kappa shape index (κ3) is 4.42. The Morgan fingerprint density at radius 2 is 1.73 bits per heavy atom. The van der Waals surface area contributed by atoms with Crippen molar-refractivity contribution in [3.8, 4) is 5.75 Å². The second kappa shape index (κ2) is 8.04. The standard InChI is InChI=1S/C21H24N2O3/c22-19(24)13-16-7-9-18(10-8-16)26-14-20(25)23-15-21(11-4-12-21)17-5-2-1-3-6-17/h1-3,5-10H,4,11-15H2,(H2,22,24)(H,23,25). The average molecular weight is 352 g/mol. The van der Waals surface area contributed by atoms with Crippen LogP contribution in [-0.4, -0.2) is 25.0 Å². The van der Waals surface area contributed by atoms with Gasteiger partial charge in [0.05, 0.1) is 6.42 Å². The van der Waals surface area contributed by atoms with Gasteiger partial charge in [-0.3, -0.25) is 9.59 Å². The van der Waals surface area contributed by atoms with Crippen molar-refractivity contribution < 1.29 is 14.3 Å². The Kier molecular flexibility index (Phi) is 5.56. The fourth-order valence-corrected chi connectivity index (χ4v) is 3.34. The van der Waals surface area contributed by atoms with Crippen LogP contribution in [-0.2, 0) is 21.4 Å². The first-order valence-corrected chi connectivity index (χ1v) is 8.90. The molecule has 0 heterocycles. The van der Waals surface area contributed by atoms with Gasteiger partial charge in [-0.2, -0.15) is 0 Å². The molecule has 2 aromatic rings. The fraction of sp³-hybridized carbons (Fsp3) is 0.333. The molecule has 3 N–H and O–H groups in total. The van der Waals surface area contributed by atoms with Gasteiger partial charge >= 0.3 is 0 Å². The molecule has 5 heteroatoms. The molecule has 5 nitrogen and oxygen atoms in total. The highest BCUT2D eigenvalue weighted by molar-refractivity contribution is 5.78. The number of nitrogens with two attached hydrogens (primary N) is 1. The Morgan fingerprint density at radius 3 is 2.31 bits per heavy atom. The third-order valence-electron chi connectivity index (χ3n) is 4.99. The lowest BCUT2D eigenvalue weighted by Crippen LogP contribution is -2.46. The van der Waals surface area contributed by atoms with E-state index in [-0.39, 0.29) is 30.3 Å². The number of hydrogen-bond acceptors (Lipinski definition) is 3. The molecule has 0 spiro atoms. The van der Waals surface area contributed by atoms with Crippen molar-refractivity contribution >= 4 is 11.8 Å². The van der Waals surface area contributed by atoms with E-state index in [9.17, 15) is 9.59 Å². The van der Waals surface area contributed by atoms with Crippen molar-refractivity contribution in [1.82, 2.24) is 5.32 Å². The molecule has 0 unspecified atom stereocenters. The summed E-state index contributed by atoms with van der Waals surface area (Å²) in [5.41, 5.74) is 7.34. The van der Waals surface area contributed by atoms with Crippen molar-refractivity contribution in [1.29, 1.82) is 0 Å². The maximum atomic E-state index is 12.1. The van der Waals surface area contributed by atoms with E-state index in [1.807, 2.05) is 18.2 Å². The van der Waals surface area contributed by atoms with Crippen LogP contribution < -0.4 is 15.8 Å². The van der Waals surface area contributed by atoms with Crippen molar-refractivity contribution in [3.05, 3.63) is 65.7 Å². The van der Waals surface area contributed by atoms with E-state index < -0.39 is 0 Å². The first-order chi connectivity index (χ1) is 12.6. The molecule has 1 aliphatic carbocycles. The zero-order valence-electron chi connectivity index (χ0n) is 14.7. The van der Waals surface area contributed by atoms with Gasteiger partial charge in [-0.1, -0.05) is 48.9 Å². The summed E-state index contributed by atoms with van der Waals surface area (Å²) >= 11 is 0. The molecular formula is C21H24N2O3. The van der Waals surface area contributed by atoms with E-state index in [1.54, 1.807) is 24.3 Å². The van der Waals surface area contributed by atoms with E-state index in [2.05, 4.69) is 17.4 Å². The molecule has 136 valence electrons. The van der Waals surface area contributed by atoms with Crippen LogP contribution in [0.3, 0.4) is 0 Å². The van der Waals surface area contributed by atoms with E-state index in [0.29, 0.717) is 12.3 Å². The molecule has 0 aromatic heterocycles. The smallest absolute Gasteiger partial charge is 0.257 e. The molecule has 0 bridgehead atoms. The van der Waals surface area contributed by atoms with Crippen molar-refractivity contribution in [2.75, 3.05) is 13.2 Å². The average Bonchev–Trinajstić information content (AvgIpc) is 2.61. The molecule has 1 saturated carbocycles. The molecule has 1 fully saturated rings. The van der Waals surface area contributed by atoms with Gasteiger partial charge in [0, 0.05) is 12.0 Å². The number of amides is 2. The lowest BCUT2D eigenvalue weighted by atomic mass is 9.64. The monoisotopic (exact) mass is 352 g/mol. The van der Waals surface area contributed by atoms with E-state index in [4.69, 9.17) is 10.5 Å². The first-order valence-electron chi connectivity index (χ1n) is 8.90. The number of benzene rings is 2. The normalized spacial score (nSPS) is 14.9. The molecule has 0 radical (unpaired) electrons. The summed E-state index contributed by atoms with van der Waals surface area (Å²) in [6.45, 7) is 0.608. The summed E-state index contributed by atoms with van der Waals surface area (Å²) in [5.74, 6) is 0.0876. The molecule has 2 amide bonds. The number of carbonyl (C=O) groups excluding carboxylic acids is 2. The molecule has 3 rings (SSSR count). The summed E-state index contributed by atoms with van der Waals surface area (Å²) in [6, 6.07) is 17.4. The van der Waals surface area contributed by atoms with Gasteiger partial charge in [0.25, 0.3) is 5.91 Å². The van der Waals surface area contributed by atoms with Crippen LogP contribution >= 0.6 is 0 Å². The van der Waals surface area contributed by atoms with Crippen LogP contribution in [0.1, 0.15) is 30.4 Å². The predicted octanol–water partition coefficient (Wildman–Crippen LogP) is 2.33. The van der Waals surface area contributed by atoms with Gasteiger partial charge in [0.1, 0.15) is 5.75 Å². The van der Waals surface area contributed by atoms with Crippen molar-refractivity contribution in [2.45, 2.75) is 31.1 Å². The van der Waals surface area contributed by atoms with Gasteiger partial charge < -0.3 is 15.8 Å². The zero-order chi connectivity index (χ0) is 18.4. The van der Waals surface area contributed by atoms with E-state index >= 15 is 0 Å². The van der Waals surface area contributed by atoms with Gasteiger partial charge in [0.15, 0.2) is 6.61 Å². The SMILES string of the molecule is NC(=O)Cc1ccc(OCC(=O)NCC2(c3ccccc3)CCC2)cc1. The molecule has 0 aliphatic heterocycles. The summed E-state index contributed by atoms with van der Waals surface area (Å²) < 4.78 is 5.52. The van der Waals surface area contributed by atoms with E-state index in [0.717, 1.165) is 18.4 Å². The topological polar surface area (TPSA) is 81.4 Å². The Labute approximate surface area is 153 Å². The van der Waals surface area contributed by atoms with Gasteiger partial charge in [0.2, 0.25) is 5.91 Å². The third-order valence-corrected chi connectivity index (χ3v) is 4.99. The number of nitrogens with one attached hydrogen (secondary N) is 1. The molecule has 2 aromatic carbocycles. The number of hydrogen-bond donors (Lipinski definition) is 2. The Hall–Kier alpha value is -2.82. The maximum Gasteiger partial charge on any atom is 0.257 e. The molecule has 0 atom stereocenters. The van der Waals surface area contributed by atoms with Crippen molar-refractivity contribution in [3.63, 3.8) is 0 Å². The van der Waals surface area contributed by atoms with Gasteiger partial charge in [-0.15, -0.1) is 0 Å². The molecule has 26 heavy (non-hydrogen) atoms. The number of ether oxygens (including phenoxy) is 1. The minimum Gasteiger partial charge on any atom is -0.484 e. The Bertz CT molecular complexity index is 753. The molecule has 0 saturated heterocycles. The number of rotatable bonds is 8. The van der Waals surface area contributed by atoms with Crippen LogP contribution in [0, 0.1) is 0 Å². The van der Waals surface area contributed by atoms with Crippen LogP contribution in [0.2, 0.25) is 0 Å². The fourth-order valence-electron chi connectivity index (χ4n) is 3.34. The summed E-state index contributed by atoms with van der Waals surface area (Å²) in [6.07, 6.45) is 3.58. The summed E-state index contributed by atoms with van der Waals surface area (Å²) in [5, 5.41) is 3.01. The van der Waals surface area contributed by atoms with Gasteiger partial charge in [-0.25, -0.2) is 0 Å². The molecule has 1 aliphatic rings. The Morgan fingerprint density at radius 1 is 1.04 bits per heavy atom. The largest absolute Gasteiger partial charge is 0.484 e. The minimum atomic E-state index is -0.374. The minimum absolute atomic E-state index is 0.0277. The maximum absolute atomic E-state index is 12.1. The molecular weight excluding hydrogens is 328 g/mol. The first kappa shape index (κ1) is 18.0. The predicted molar refractivity (Wildman–Crippen MR) is 99.8 cm³/mol.